The summed E-state index contributed by atoms with van der Waals surface area (Å²) in [5.41, 5.74) is 0.532. The lowest BCUT2D eigenvalue weighted by molar-refractivity contribution is 0.0694. The largest absolute Gasteiger partial charge is 0.478 e. The average molecular weight is 270 g/mol. The van der Waals surface area contributed by atoms with Gasteiger partial charge in [-0.15, -0.1) is 0 Å². The summed E-state index contributed by atoms with van der Waals surface area (Å²) in [4.78, 5) is 19.1. The van der Waals surface area contributed by atoms with Crippen LogP contribution >= 0.6 is 0 Å². The third-order valence-corrected chi connectivity index (χ3v) is 4.53. The lowest BCUT2D eigenvalue weighted by Gasteiger charge is -2.10. The maximum absolute atomic E-state index is 11.5. The Morgan fingerprint density at radius 3 is 2.56 bits per heavy atom. The van der Waals surface area contributed by atoms with Crippen molar-refractivity contribution in [2.75, 3.05) is 6.26 Å². The number of aromatic carboxylic acids is 1. The Kier molecular flexibility index (Phi) is 3.10. The van der Waals surface area contributed by atoms with Crippen LogP contribution in [0.15, 0.2) is 6.20 Å². The minimum absolute atomic E-state index is 0.0713. The number of nitrogens with zero attached hydrogens (tertiary/aromatic N) is 2. The van der Waals surface area contributed by atoms with Crippen LogP contribution in [0.4, 0.5) is 0 Å². The summed E-state index contributed by atoms with van der Waals surface area (Å²) in [6, 6.07) is 0. The van der Waals surface area contributed by atoms with Gasteiger partial charge < -0.3 is 5.11 Å². The van der Waals surface area contributed by atoms with Crippen molar-refractivity contribution in [2.24, 2.45) is 0 Å². The van der Waals surface area contributed by atoms with Crippen molar-refractivity contribution in [1.82, 2.24) is 9.97 Å². The van der Waals surface area contributed by atoms with Crippen molar-refractivity contribution >= 4 is 15.8 Å². The molecule has 6 nitrogen and oxygen atoms in total. The van der Waals surface area contributed by atoms with Gasteiger partial charge in [0.15, 0.2) is 9.84 Å². The molecule has 0 amide bonds. The molecule has 0 aliphatic heterocycles. The number of hydrogen-bond donors (Lipinski definition) is 1. The van der Waals surface area contributed by atoms with Crippen molar-refractivity contribution in [2.45, 2.75) is 30.9 Å². The van der Waals surface area contributed by atoms with E-state index in [1.54, 1.807) is 0 Å². The zero-order valence-electron chi connectivity index (χ0n) is 10.1. The summed E-state index contributed by atoms with van der Waals surface area (Å²) in [5.74, 6) is -0.774. The highest BCUT2D eigenvalue weighted by molar-refractivity contribution is 7.90. The Bertz CT molecular complexity index is 593. The normalized spacial score (nSPS) is 17.4. The van der Waals surface area contributed by atoms with Gasteiger partial charge in [0.05, 0.1) is 11.3 Å². The second-order valence-corrected chi connectivity index (χ2v) is 6.94. The first-order chi connectivity index (χ1) is 8.30. The molecule has 1 atom stereocenters. The van der Waals surface area contributed by atoms with E-state index in [0.29, 0.717) is 5.69 Å². The first-order valence-corrected chi connectivity index (χ1v) is 7.55. The van der Waals surface area contributed by atoms with Gasteiger partial charge in [0.1, 0.15) is 11.1 Å². The van der Waals surface area contributed by atoms with E-state index in [1.165, 1.54) is 13.1 Å². The summed E-state index contributed by atoms with van der Waals surface area (Å²) in [5, 5.41) is 8.21. The van der Waals surface area contributed by atoms with Crippen LogP contribution < -0.4 is 0 Å². The Labute approximate surface area is 105 Å². The van der Waals surface area contributed by atoms with Gasteiger partial charge in [-0.05, 0) is 19.8 Å². The summed E-state index contributed by atoms with van der Waals surface area (Å²) >= 11 is 0. The molecule has 0 aromatic carbocycles. The van der Waals surface area contributed by atoms with Crippen LogP contribution in [0, 0.1) is 0 Å². The van der Waals surface area contributed by atoms with Crippen molar-refractivity contribution in [3.8, 4) is 0 Å². The van der Waals surface area contributed by atoms with Crippen LogP contribution in [0.25, 0.3) is 0 Å². The minimum Gasteiger partial charge on any atom is -0.478 e. The molecule has 1 N–H and O–H groups in total. The quantitative estimate of drug-likeness (QED) is 0.881. The lowest BCUT2D eigenvalue weighted by Crippen LogP contribution is -2.15. The fourth-order valence-electron chi connectivity index (χ4n) is 1.63. The van der Waals surface area contributed by atoms with Gasteiger partial charge in [0.2, 0.25) is 0 Å². The van der Waals surface area contributed by atoms with Gasteiger partial charge in [-0.3, -0.25) is 0 Å². The number of carboxylic acids is 1. The topological polar surface area (TPSA) is 97.2 Å². The molecule has 98 valence electrons. The third-order valence-electron chi connectivity index (χ3n) is 3.04. The highest BCUT2D eigenvalue weighted by Gasteiger charge is 2.32. The molecule has 18 heavy (non-hydrogen) atoms. The van der Waals surface area contributed by atoms with Crippen LogP contribution in [-0.4, -0.2) is 35.7 Å². The van der Waals surface area contributed by atoms with Crippen LogP contribution in [0.1, 0.15) is 52.8 Å². The first-order valence-electron chi connectivity index (χ1n) is 5.59. The van der Waals surface area contributed by atoms with Crippen LogP contribution in [0.2, 0.25) is 0 Å². The Hall–Kier alpha value is -1.50. The Balaban J connectivity index is 2.47. The number of hydrogen-bond acceptors (Lipinski definition) is 5. The smallest absolute Gasteiger partial charge is 0.339 e. The molecule has 2 rings (SSSR count). The predicted molar refractivity (Wildman–Crippen MR) is 64.2 cm³/mol. The fourth-order valence-corrected chi connectivity index (χ4v) is 2.13. The molecule has 1 aliphatic carbocycles. The van der Waals surface area contributed by atoms with E-state index in [1.807, 2.05) is 0 Å². The van der Waals surface area contributed by atoms with Crippen molar-refractivity contribution in [3.63, 3.8) is 0 Å². The highest BCUT2D eigenvalue weighted by Crippen LogP contribution is 2.40. The van der Waals surface area contributed by atoms with E-state index in [2.05, 4.69) is 9.97 Å². The van der Waals surface area contributed by atoms with Gasteiger partial charge in [-0.2, -0.15) is 0 Å². The molecule has 0 bridgehead atoms. The first kappa shape index (κ1) is 12.9. The van der Waals surface area contributed by atoms with E-state index >= 15 is 0 Å². The minimum atomic E-state index is -3.28. The number of aromatic nitrogens is 2. The molecular weight excluding hydrogens is 256 g/mol. The zero-order valence-corrected chi connectivity index (χ0v) is 10.9. The number of sulfone groups is 1. The summed E-state index contributed by atoms with van der Waals surface area (Å²) in [6.07, 6.45) is 4.11. The lowest BCUT2D eigenvalue weighted by atomic mass is 10.1. The maximum Gasteiger partial charge on any atom is 0.339 e. The van der Waals surface area contributed by atoms with E-state index in [4.69, 9.17) is 5.11 Å². The molecule has 1 fully saturated rings. The average Bonchev–Trinajstić information content (AvgIpc) is 3.09. The van der Waals surface area contributed by atoms with E-state index < -0.39 is 21.1 Å². The Morgan fingerprint density at radius 2 is 2.11 bits per heavy atom. The second kappa shape index (κ2) is 4.31. The van der Waals surface area contributed by atoms with Gasteiger partial charge in [-0.1, -0.05) is 0 Å². The summed E-state index contributed by atoms with van der Waals surface area (Å²) in [6.45, 7) is 1.50. The molecule has 0 spiro atoms. The van der Waals surface area contributed by atoms with Crippen LogP contribution in [0.5, 0.6) is 0 Å². The molecule has 1 unspecified atom stereocenters. The summed E-state index contributed by atoms with van der Waals surface area (Å²) < 4.78 is 22.9. The third kappa shape index (κ3) is 2.50. The fraction of sp³-hybridized carbons (Fsp3) is 0.545. The standard InChI is InChI=1S/C11H14N2O4S/c1-6(18(2,16)17)10-12-5-8(11(14)15)9(13-10)7-3-4-7/h5-7H,3-4H2,1-2H3,(H,14,15). The molecular formula is C11H14N2O4S. The molecule has 1 saturated carbocycles. The zero-order chi connectivity index (χ0) is 13.5. The summed E-state index contributed by atoms with van der Waals surface area (Å²) in [7, 11) is -3.28. The van der Waals surface area contributed by atoms with E-state index in [9.17, 15) is 13.2 Å². The number of carboxylic acid groups (broad SMARTS) is 1. The predicted octanol–water partition coefficient (Wildman–Crippen LogP) is 1.16. The van der Waals surface area contributed by atoms with Gasteiger partial charge in [0.25, 0.3) is 0 Å². The monoisotopic (exact) mass is 270 g/mol. The number of carbonyl (C=O) groups is 1. The molecule has 0 saturated heterocycles. The molecule has 1 aliphatic rings. The molecule has 1 heterocycles. The second-order valence-electron chi connectivity index (χ2n) is 4.58. The van der Waals surface area contributed by atoms with Gasteiger partial charge >= 0.3 is 5.97 Å². The van der Waals surface area contributed by atoms with Gasteiger partial charge in [0, 0.05) is 18.4 Å². The van der Waals surface area contributed by atoms with E-state index in [0.717, 1.165) is 19.1 Å². The highest BCUT2D eigenvalue weighted by atomic mass is 32.2. The molecule has 7 heteroatoms. The molecule has 1 aromatic heterocycles. The Morgan fingerprint density at radius 1 is 1.50 bits per heavy atom. The van der Waals surface area contributed by atoms with Gasteiger partial charge in [-0.25, -0.2) is 23.2 Å². The van der Waals surface area contributed by atoms with Crippen LogP contribution in [0.3, 0.4) is 0 Å². The molecule has 1 aromatic rings. The van der Waals surface area contributed by atoms with Crippen molar-refractivity contribution < 1.29 is 18.3 Å². The maximum atomic E-state index is 11.5. The number of rotatable bonds is 4. The van der Waals surface area contributed by atoms with Crippen LogP contribution in [-0.2, 0) is 9.84 Å². The van der Waals surface area contributed by atoms with Crippen molar-refractivity contribution in [1.29, 1.82) is 0 Å². The molecule has 0 radical (unpaired) electrons. The van der Waals surface area contributed by atoms with Crippen molar-refractivity contribution in [3.05, 3.63) is 23.3 Å². The SMILES string of the molecule is CC(c1ncc(C(=O)O)c(C2CC2)n1)S(C)(=O)=O. The van der Waals surface area contributed by atoms with E-state index in [-0.39, 0.29) is 17.3 Å².